The lowest BCUT2D eigenvalue weighted by atomic mass is 10.1. The Balaban J connectivity index is 1.70. The molecule has 2 heterocycles. The molecule has 1 aromatic heterocycles. The predicted octanol–water partition coefficient (Wildman–Crippen LogP) is 4.56. The Morgan fingerprint density at radius 3 is 2.70 bits per heavy atom. The van der Waals surface area contributed by atoms with Gasteiger partial charge in [-0.05, 0) is 24.3 Å². The molecule has 0 saturated carbocycles. The number of hydrogen-bond acceptors (Lipinski definition) is 3. The molecule has 1 saturated heterocycles. The van der Waals surface area contributed by atoms with Crippen molar-refractivity contribution in [3.63, 3.8) is 0 Å². The van der Waals surface area contributed by atoms with E-state index in [2.05, 4.69) is 15.2 Å². The zero-order valence-electron chi connectivity index (χ0n) is 14.6. The summed E-state index contributed by atoms with van der Waals surface area (Å²) in [7, 11) is 0. The van der Waals surface area contributed by atoms with Crippen LogP contribution < -0.4 is 5.32 Å². The van der Waals surface area contributed by atoms with Crippen LogP contribution in [0.4, 0.5) is 5.69 Å². The summed E-state index contributed by atoms with van der Waals surface area (Å²) < 4.78 is 5.43. The van der Waals surface area contributed by atoms with Crippen molar-refractivity contribution in [3.8, 4) is 0 Å². The molecule has 4 rings (SSSR count). The molecule has 3 aromatic rings. The van der Waals surface area contributed by atoms with Gasteiger partial charge in [-0.15, -0.1) is 0 Å². The number of anilines is 1. The second-order valence-electron chi connectivity index (χ2n) is 6.49. The smallest absolute Gasteiger partial charge is 0.272 e. The van der Waals surface area contributed by atoms with Crippen LogP contribution in [0, 0.1) is 0 Å². The van der Waals surface area contributed by atoms with Crippen molar-refractivity contribution >= 4 is 45.7 Å². The Kier molecular flexibility index (Phi) is 5.36. The monoisotopic (exact) mass is 403 g/mol. The van der Waals surface area contributed by atoms with Gasteiger partial charge in [0.05, 0.1) is 23.9 Å². The van der Waals surface area contributed by atoms with Crippen LogP contribution in [0.15, 0.2) is 42.5 Å². The third kappa shape index (κ3) is 3.96. The molecule has 1 fully saturated rings. The van der Waals surface area contributed by atoms with Gasteiger partial charge in [-0.25, -0.2) is 0 Å². The maximum Gasteiger partial charge on any atom is 0.272 e. The number of amides is 1. The van der Waals surface area contributed by atoms with Crippen LogP contribution in [0.1, 0.15) is 16.1 Å². The van der Waals surface area contributed by atoms with E-state index in [1.807, 2.05) is 30.3 Å². The highest BCUT2D eigenvalue weighted by Gasteiger charge is 2.22. The average molecular weight is 404 g/mol. The number of H-pyrrole nitrogens is 1. The summed E-state index contributed by atoms with van der Waals surface area (Å²) in [4.78, 5) is 18.5. The minimum Gasteiger partial charge on any atom is -0.379 e. The summed E-state index contributed by atoms with van der Waals surface area (Å²) in [5, 5.41) is 5.02. The molecule has 27 heavy (non-hydrogen) atoms. The molecule has 140 valence electrons. The van der Waals surface area contributed by atoms with Crippen LogP contribution in [-0.2, 0) is 11.3 Å². The van der Waals surface area contributed by atoms with E-state index < -0.39 is 0 Å². The van der Waals surface area contributed by atoms with E-state index in [0.29, 0.717) is 41.2 Å². The Bertz CT molecular complexity index is 981. The van der Waals surface area contributed by atoms with E-state index >= 15 is 0 Å². The summed E-state index contributed by atoms with van der Waals surface area (Å²) in [6.07, 6.45) is 0. The number of aromatic amines is 1. The Morgan fingerprint density at radius 1 is 1.15 bits per heavy atom. The molecule has 0 bridgehead atoms. The van der Waals surface area contributed by atoms with E-state index in [-0.39, 0.29) is 5.91 Å². The van der Waals surface area contributed by atoms with Gasteiger partial charge in [0.1, 0.15) is 5.69 Å². The quantitative estimate of drug-likeness (QED) is 0.671. The molecule has 0 spiro atoms. The predicted molar refractivity (Wildman–Crippen MR) is 109 cm³/mol. The maximum absolute atomic E-state index is 13.0. The fourth-order valence-electron chi connectivity index (χ4n) is 3.32. The second-order valence-corrected chi connectivity index (χ2v) is 7.33. The Morgan fingerprint density at radius 2 is 1.93 bits per heavy atom. The van der Waals surface area contributed by atoms with Gasteiger partial charge in [-0.1, -0.05) is 41.4 Å². The second kappa shape index (κ2) is 7.90. The standard InChI is InChI=1S/C20H19Cl2N3O2/c21-13-5-6-14-15(12-25-7-9-27-10-8-25)19(23-18(14)11-13)20(26)24-17-4-2-1-3-16(17)22/h1-6,11,23H,7-10,12H2,(H,24,26). The first-order valence-corrected chi connectivity index (χ1v) is 9.53. The number of benzene rings is 2. The van der Waals surface area contributed by atoms with Gasteiger partial charge in [-0.2, -0.15) is 0 Å². The molecule has 1 amide bonds. The van der Waals surface area contributed by atoms with Crippen LogP contribution in [0.3, 0.4) is 0 Å². The largest absolute Gasteiger partial charge is 0.379 e. The van der Waals surface area contributed by atoms with Crippen molar-refractivity contribution in [3.05, 3.63) is 63.8 Å². The van der Waals surface area contributed by atoms with Crippen molar-refractivity contribution in [2.75, 3.05) is 31.6 Å². The van der Waals surface area contributed by atoms with Gasteiger partial charge < -0.3 is 15.0 Å². The lowest BCUT2D eigenvalue weighted by Crippen LogP contribution is -2.36. The Labute approximate surface area is 167 Å². The van der Waals surface area contributed by atoms with Gasteiger partial charge in [0.25, 0.3) is 5.91 Å². The highest BCUT2D eigenvalue weighted by molar-refractivity contribution is 6.34. The zero-order valence-corrected chi connectivity index (χ0v) is 16.1. The van der Waals surface area contributed by atoms with Crippen LogP contribution in [-0.4, -0.2) is 42.1 Å². The normalized spacial score (nSPS) is 15.2. The fourth-order valence-corrected chi connectivity index (χ4v) is 3.67. The summed E-state index contributed by atoms with van der Waals surface area (Å²) in [5.41, 5.74) is 2.90. The van der Waals surface area contributed by atoms with Crippen LogP contribution in [0.2, 0.25) is 10.0 Å². The van der Waals surface area contributed by atoms with Crippen molar-refractivity contribution in [1.82, 2.24) is 9.88 Å². The highest BCUT2D eigenvalue weighted by atomic mass is 35.5. The number of carbonyl (C=O) groups excluding carboxylic acids is 1. The van der Waals surface area contributed by atoms with E-state index in [4.69, 9.17) is 27.9 Å². The van der Waals surface area contributed by atoms with Gasteiger partial charge in [0.2, 0.25) is 0 Å². The van der Waals surface area contributed by atoms with Gasteiger partial charge >= 0.3 is 0 Å². The molecule has 1 aliphatic heterocycles. The molecule has 0 radical (unpaired) electrons. The topological polar surface area (TPSA) is 57.4 Å². The number of rotatable bonds is 4. The van der Waals surface area contributed by atoms with Crippen molar-refractivity contribution in [2.24, 2.45) is 0 Å². The first-order valence-electron chi connectivity index (χ1n) is 8.78. The fraction of sp³-hybridized carbons (Fsp3) is 0.250. The number of aromatic nitrogens is 1. The number of nitrogens with one attached hydrogen (secondary N) is 2. The van der Waals surface area contributed by atoms with Crippen LogP contribution >= 0.6 is 23.2 Å². The van der Waals surface area contributed by atoms with E-state index in [9.17, 15) is 4.79 Å². The van der Waals surface area contributed by atoms with Crippen molar-refractivity contribution in [1.29, 1.82) is 0 Å². The van der Waals surface area contributed by atoms with Gasteiger partial charge in [0, 0.05) is 41.1 Å². The molecular weight excluding hydrogens is 385 g/mol. The number of morpholine rings is 1. The summed E-state index contributed by atoms with van der Waals surface area (Å²) in [6.45, 7) is 3.75. The molecular formula is C20H19Cl2N3O2. The van der Waals surface area contributed by atoms with E-state index in [1.54, 1.807) is 12.1 Å². The first kappa shape index (κ1) is 18.3. The first-order chi connectivity index (χ1) is 13.1. The molecule has 2 N–H and O–H groups in total. The molecule has 2 aromatic carbocycles. The molecule has 7 heteroatoms. The lowest BCUT2D eigenvalue weighted by molar-refractivity contribution is 0.0342. The number of fused-ring (bicyclic) bond motifs is 1. The van der Waals surface area contributed by atoms with Crippen LogP contribution in [0.5, 0.6) is 0 Å². The number of carbonyl (C=O) groups is 1. The number of para-hydroxylation sites is 1. The molecule has 5 nitrogen and oxygen atoms in total. The summed E-state index contributed by atoms with van der Waals surface area (Å²) in [6, 6.07) is 12.8. The number of halogens is 2. The van der Waals surface area contributed by atoms with Crippen molar-refractivity contribution in [2.45, 2.75) is 6.54 Å². The molecule has 1 aliphatic rings. The Hall–Kier alpha value is -2.05. The molecule has 0 atom stereocenters. The van der Waals surface area contributed by atoms with E-state index in [1.165, 1.54) is 0 Å². The third-order valence-electron chi connectivity index (χ3n) is 4.70. The molecule has 0 unspecified atom stereocenters. The minimum absolute atomic E-state index is 0.223. The van der Waals surface area contributed by atoms with Crippen molar-refractivity contribution < 1.29 is 9.53 Å². The SMILES string of the molecule is O=C(Nc1ccccc1Cl)c1[nH]c2cc(Cl)ccc2c1CN1CCOCC1. The van der Waals surface area contributed by atoms with E-state index in [0.717, 1.165) is 29.6 Å². The number of nitrogens with zero attached hydrogens (tertiary/aromatic N) is 1. The zero-order chi connectivity index (χ0) is 18.8. The van der Waals surface area contributed by atoms with Crippen LogP contribution in [0.25, 0.3) is 10.9 Å². The highest BCUT2D eigenvalue weighted by Crippen LogP contribution is 2.28. The maximum atomic E-state index is 13.0. The van der Waals surface area contributed by atoms with Gasteiger partial charge in [-0.3, -0.25) is 9.69 Å². The number of hydrogen-bond donors (Lipinski definition) is 2. The average Bonchev–Trinajstić information content (AvgIpc) is 3.02. The molecule has 0 aliphatic carbocycles. The number of ether oxygens (including phenoxy) is 1. The minimum atomic E-state index is -0.223. The summed E-state index contributed by atoms with van der Waals surface area (Å²) >= 11 is 12.3. The van der Waals surface area contributed by atoms with Gasteiger partial charge in [0.15, 0.2) is 0 Å². The summed E-state index contributed by atoms with van der Waals surface area (Å²) in [5.74, 6) is -0.223. The third-order valence-corrected chi connectivity index (χ3v) is 5.27. The lowest BCUT2D eigenvalue weighted by Gasteiger charge is -2.26.